The number of urea groups is 1. The molecule has 4 N–H and O–H groups in total. The van der Waals surface area contributed by atoms with E-state index < -0.39 is 23.6 Å². The molecular weight excluding hydrogens is 392 g/mol. The van der Waals surface area contributed by atoms with Gasteiger partial charge in [-0.05, 0) is 54.6 Å². The third-order valence-electron chi connectivity index (χ3n) is 3.64. The molecule has 10 heteroatoms. The number of anilines is 3. The standard InChI is InChI=1S/C19H14F4N4O2/c20-16-7-3-12(9-15(16)19(21,22)23)27-18(28)26-11-1-4-13(5-2-11)29-14-6-8-17(24)25-10-14/h1-10H,(H2,24,25)(H2,26,27,28). The molecule has 0 aliphatic carbocycles. The van der Waals surface area contributed by atoms with Gasteiger partial charge >= 0.3 is 12.2 Å². The molecule has 0 saturated carbocycles. The molecule has 0 spiro atoms. The number of hydrogen-bond acceptors (Lipinski definition) is 4. The number of halogens is 4. The van der Waals surface area contributed by atoms with Crippen molar-refractivity contribution in [1.29, 1.82) is 0 Å². The predicted molar refractivity (Wildman–Crippen MR) is 99.2 cm³/mol. The molecule has 1 aromatic heterocycles. The third-order valence-corrected chi connectivity index (χ3v) is 3.64. The van der Waals surface area contributed by atoms with E-state index in [1.54, 1.807) is 24.3 Å². The number of benzene rings is 2. The molecule has 1 heterocycles. The Labute approximate surface area is 162 Å². The number of ether oxygens (including phenoxy) is 1. The fourth-order valence-corrected chi connectivity index (χ4v) is 2.31. The number of hydrogen-bond donors (Lipinski definition) is 3. The van der Waals surface area contributed by atoms with Gasteiger partial charge in [-0.1, -0.05) is 0 Å². The summed E-state index contributed by atoms with van der Waals surface area (Å²) < 4.78 is 57.1. The number of rotatable bonds is 4. The van der Waals surface area contributed by atoms with Crippen LogP contribution in [0.15, 0.2) is 60.8 Å². The van der Waals surface area contributed by atoms with Gasteiger partial charge in [0.2, 0.25) is 0 Å². The minimum Gasteiger partial charge on any atom is -0.456 e. The second-order valence-electron chi connectivity index (χ2n) is 5.82. The van der Waals surface area contributed by atoms with E-state index in [4.69, 9.17) is 10.5 Å². The van der Waals surface area contributed by atoms with E-state index in [0.29, 0.717) is 35.1 Å². The van der Waals surface area contributed by atoms with Gasteiger partial charge in [-0.3, -0.25) is 0 Å². The summed E-state index contributed by atoms with van der Waals surface area (Å²) in [7, 11) is 0. The second kappa shape index (κ2) is 8.05. The lowest BCUT2D eigenvalue weighted by Gasteiger charge is -2.12. The lowest BCUT2D eigenvalue weighted by molar-refractivity contribution is -0.139. The molecular formula is C19H14F4N4O2. The maximum Gasteiger partial charge on any atom is 0.419 e. The summed E-state index contributed by atoms with van der Waals surface area (Å²) in [5.41, 5.74) is 4.19. The largest absolute Gasteiger partial charge is 0.456 e. The number of nitrogens with zero attached hydrogens (tertiary/aromatic N) is 1. The average molecular weight is 406 g/mol. The molecule has 0 saturated heterocycles. The zero-order valence-electron chi connectivity index (χ0n) is 14.6. The van der Waals surface area contributed by atoms with Crippen molar-refractivity contribution in [1.82, 2.24) is 4.98 Å². The maximum atomic E-state index is 13.3. The van der Waals surface area contributed by atoms with E-state index in [1.165, 1.54) is 18.3 Å². The summed E-state index contributed by atoms with van der Waals surface area (Å²) in [5, 5.41) is 4.67. The van der Waals surface area contributed by atoms with E-state index in [1.807, 2.05) is 0 Å². The molecule has 2 amide bonds. The monoisotopic (exact) mass is 406 g/mol. The van der Waals surface area contributed by atoms with Gasteiger partial charge in [0.1, 0.15) is 23.1 Å². The molecule has 0 unspecified atom stereocenters. The first kappa shape index (κ1) is 19.9. The first-order chi connectivity index (χ1) is 13.7. The number of carbonyl (C=O) groups excluding carboxylic acids is 1. The van der Waals surface area contributed by atoms with Crippen LogP contribution < -0.4 is 21.1 Å². The summed E-state index contributed by atoms with van der Waals surface area (Å²) in [6.07, 6.45) is -3.42. The van der Waals surface area contributed by atoms with Crippen molar-refractivity contribution in [2.75, 3.05) is 16.4 Å². The van der Waals surface area contributed by atoms with Gasteiger partial charge in [-0.2, -0.15) is 13.2 Å². The molecule has 3 rings (SSSR count). The molecule has 29 heavy (non-hydrogen) atoms. The molecule has 0 atom stereocenters. The molecule has 6 nitrogen and oxygen atoms in total. The van der Waals surface area contributed by atoms with Crippen LogP contribution in [0.3, 0.4) is 0 Å². The molecule has 0 bridgehead atoms. The van der Waals surface area contributed by atoms with E-state index in [9.17, 15) is 22.4 Å². The zero-order valence-corrected chi connectivity index (χ0v) is 14.6. The van der Waals surface area contributed by atoms with Crippen molar-refractivity contribution in [3.63, 3.8) is 0 Å². The highest BCUT2D eigenvalue weighted by molar-refractivity contribution is 5.99. The van der Waals surface area contributed by atoms with Crippen LogP contribution in [-0.2, 0) is 6.18 Å². The Bertz CT molecular complexity index is 1010. The molecule has 0 aliphatic rings. The van der Waals surface area contributed by atoms with Crippen LogP contribution in [-0.4, -0.2) is 11.0 Å². The van der Waals surface area contributed by atoms with Gasteiger partial charge < -0.3 is 21.1 Å². The quantitative estimate of drug-likeness (QED) is 0.516. The Hall–Kier alpha value is -3.82. The number of aromatic nitrogens is 1. The summed E-state index contributed by atoms with van der Waals surface area (Å²) in [6.45, 7) is 0. The SMILES string of the molecule is Nc1ccc(Oc2ccc(NC(=O)Nc3ccc(F)c(C(F)(F)F)c3)cc2)cn1. The Morgan fingerprint density at radius 3 is 2.17 bits per heavy atom. The number of pyridine rings is 1. The van der Waals surface area contributed by atoms with Gasteiger partial charge in [0, 0.05) is 11.4 Å². The van der Waals surface area contributed by atoms with Gasteiger partial charge in [0.25, 0.3) is 0 Å². The Morgan fingerprint density at radius 2 is 1.55 bits per heavy atom. The zero-order chi connectivity index (χ0) is 21.0. The highest BCUT2D eigenvalue weighted by Crippen LogP contribution is 2.33. The molecule has 0 radical (unpaired) electrons. The number of nitrogens with two attached hydrogens (primary N) is 1. The summed E-state index contributed by atoms with van der Waals surface area (Å²) >= 11 is 0. The van der Waals surface area contributed by atoms with Gasteiger partial charge in [0.15, 0.2) is 0 Å². The van der Waals surface area contributed by atoms with Crippen LogP contribution in [0.1, 0.15) is 5.56 Å². The first-order valence-corrected chi connectivity index (χ1v) is 8.15. The number of alkyl halides is 3. The predicted octanol–water partition coefficient (Wildman–Crippen LogP) is 5.26. The molecule has 3 aromatic rings. The first-order valence-electron chi connectivity index (χ1n) is 8.15. The minimum absolute atomic E-state index is 0.202. The smallest absolute Gasteiger partial charge is 0.419 e. The van der Waals surface area contributed by atoms with Crippen LogP contribution >= 0.6 is 0 Å². The summed E-state index contributed by atoms with van der Waals surface area (Å²) in [4.78, 5) is 15.9. The van der Waals surface area contributed by atoms with Crippen LogP contribution in [0.4, 0.5) is 39.5 Å². The van der Waals surface area contributed by atoms with E-state index in [2.05, 4.69) is 15.6 Å². The molecule has 150 valence electrons. The van der Waals surface area contributed by atoms with E-state index in [0.717, 1.165) is 6.07 Å². The third kappa shape index (κ3) is 5.34. The highest BCUT2D eigenvalue weighted by atomic mass is 19.4. The van der Waals surface area contributed by atoms with Crippen molar-refractivity contribution < 1.29 is 27.1 Å². The van der Waals surface area contributed by atoms with Gasteiger partial charge in [-0.25, -0.2) is 14.2 Å². The number of nitrogens with one attached hydrogen (secondary N) is 2. The van der Waals surface area contributed by atoms with Crippen LogP contribution in [0.2, 0.25) is 0 Å². The van der Waals surface area contributed by atoms with Crippen molar-refractivity contribution in [3.8, 4) is 11.5 Å². The summed E-state index contributed by atoms with van der Waals surface area (Å²) in [5.74, 6) is -0.132. The van der Waals surface area contributed by atoms with Crippen molar-refractivity contribution >= 4 is 23.2 Å². The molecule has 0 aliphatic heterocycles. The topological polar surface area (TPSA) is 89.3 Å². The van der Waals surface area contributed by atoms with E-state index in [-0.39, 0.29) is 5.69 Å². The van der Waals surface area contributed by atoms with Crippen molar-refractivity contribution in [2.45, 2.75) is 6.18 Å². The minimum atomic E-state index is -4.87. The second-order valence-corrected chi connectivity index (χ2v) is 5.82. The fraction of sp³-hybridized carbons (Fsp3) is 0.0526. The van der Waals surface area contributed by atoms with Gasteiger partial charge in [-0.15, -0.1) is 0 Å². The normalized spacial score (nSPS) is 11.0. The lowest BCUT2D eigenvalue weighted by atomic mass is 10.2. The van der Waals surface area contributed by atoms with Crippen LogP contribution in [0, 0.1) is 5.82 Å². The Morgan fingerprint density at radius 1 is 0.931 bits per heavy atom. The fourth-order valence-electron chi connectivity index (χ4n) is 2.31. The number of nitrogen functional groups attached to an aromatic ring is 1. The Kier molecular flexibility index (Phi) is 5.53. The Balaban J connectivity index is 1.61. The molecule has 0 fully saturated rings. The van der Waals surface area contributed by atoms with Crippen molar-refractivity contribution in [3.05, 3.63) is 72.2 Å². The van der Waals surface area contributed by atoms with E-state index >= 15 is 0 Å². The van der Waals surface area contributed by atoms with Gasteiger partial charge in [0.05, 0.1) is 11.8 Å². The average Bonchev–Trinajstić information content (AvgIpc) is 2.66. The lowest BCUT2D eigenvalue weighted by Crippen LogP contribution is -2.20. The number of amides is 2. The maximum absolute atomic E-state index is 13.3. The molecule has 2 aromatic carbocycles. The van der Waals surface area contributed by atoms with Crippen LogP contribution in [0.5, 0.6) is 11.5 Å². The number of carbonyl (C=O) groups is 1. The highest BCUT2D eigenvalue weighted by Gasteiger charge is 2.34. The van der Waals surface area contributed by atoms with Crippen molar-refractivity contribution in [2.24, 2.45) is 0 Å². The summed E-state index contributed by atoms with van der Waals surface area (Å²) in [6, 6.07) is 10.8. The van der Waals surface area contributed by atoms with Crippen LogP contribution in [0.25, 0.3) is 0 Å².